The molecule has 0 radical (unpaired) electrons. The van der Waals surface area contributed by atoms with Gasteiger partial charge in [-0.25, -0.2) is 14.4 Å². The van der Waals surface area contributed by atoms with Crippen LogP contribution in [0.3, 0.4) is 0 Å². The second-order valence-electron chi connectivity index (χ2n) is 9.63. The number of carbonyl (C=O) groups excluding carboxylic acids is 3. The molecule has 14 heteroatoms. The summed E-state index contributed by atoms with van der Waals surface area (Å²) < 4.78 is 71.4. The smallest absolute Gasteiger partial charge is 0.467 e. The summed E-state index contributed by atoms with van der Waals surface area (Å²) in [5.74, 6) is -0.739. The highest BCUT2D eigenvalue weighted by molar-refractivity contribution is 7.87. The van der Waals surface area contributed by atoms with Crippen molar-refractivity contribution in [2.24, 2.45) is 0 Å². The van der Waals surface area contributed by atoms with Crippen molar-refractivity contribution in [3.63, 3.8) is 0 Å². The minimum absolute atomic E-state index is 0.0748. The number of hydrogen-bond donors (Lipinski definition) is 0. The Bertz CT molecular complexity index is 999. The van der Waals surface area contributed by atoms with Crippen LogP contribution in [0.15, 0.2) is 24.3 Å². The zero-order valence-electron chi connectivity index (χ0n) is 24.3. The maximum Gasteiger partial charge on any atom is 0.523 e. The molecule has 10 nitrogen and oxygen atoms in total. The Morgan fingerprint density at radius 2 is 1.23 bits per heavy atom. The highest BCUT2D eigenvalue weighted by Gasteiger charge is 2.46. The van der Waals surface area contributed by atoms with E-state index in [1.54, 1.807) is 41.5 Å². The van der Waals surface area contributed by atoms with Crippen LogP contribution >= 0.6 is 0 Å². The SMILES string of the molecule is CC.COC(=O)[C@H](Cc1ccc(C)cc1)N(C(=O)OC(C)(C)C)C(=O)OC(C)(C)C.COS(=O)(=O)C(F)(F)F. The lowest BCUT2D eigenvalue weighted by Crippen LogP contribution is -2.53. The van der Waals surface area contributed by atoms with E-state index in [2.05, 4.69) is 4.18 Å². The zero-order valence-corrected chi connectivity index (χ0v) is 25.1. The fourth-order valence-electron chi connectivity index (χ4n) is 2.41. The van der Waals surface area contributed by atoms with Crippen molar-refractivity contribution in [2.75, 3.05) is 14.2 Å². The number of imide groups is 1. The van der Waals surface area contributed by atoms with Gasteiger partial charge in [0.05, 0.1) is 14.2 Å². The van der Waals surface area contributed by atoms with Gasteiger partial charge in [0.2, 0.25) is 0 Å². The third-order valence-electron chi connectivity index (χ3n) is 4.02. The van der Waals surface area contributed by atoms with E-state index in [-0.39, 0.29) is 6.42 Å². The van der Waals surface area contributed by atoms with Gasteiger partial charge in [-0.1, -0.05) is 43.7 Å². The number of nitrogens with zero attached hydrogens (tertiary/aromatic N) is 1. The van der Waals surface area contributed by atoms with E-state index in [0.29, 0.717) is 12.0 Å². The number of hydrogen-bond acceptors (Lipinski definition) is 9. The molecule has 0 aliphatic rings. The summed E-state index contributed by atoms with van der Waals surface area (Å²) in [5.41, 5.74) is -5.21. The van der Waals surface area contributed by atoms with E-state index in [1.165, 1.54) is 7.11 Å². The minimum atomic E-state index is -5.34. The van der Waals surface area contributed by atoms with Crippen LogP contribution in [0.25, 0.3) is 0 Å². The van der Waals surface area contributed by atoms with Gasteiger partial charge >= 0.3 is 33.8 Å². The first-order valence-corrected chi connectivity index (χ1v) is 13.2. The first-order chi connectivity index (χ1) is 17.5. The maximum atomic E-state index is 12.8. The van der Waals surface area contributed by atoms with E-state index in [0.717, 1.165) is 11.1 Å². The third-order valence-corrected chi connectivity index (χ3v) is 5.02. The number of esters is 1. The molecule has 0 N–H and O–H groups in total. The van der Waals surface area contributed by atoms with Gasteiger partial charge in [-0.3, -0.25) is 4.18 Å². The van der Waals surface area contributed by atoms with Crippen molar-refractivity contribution in [1.82, 2.24) is 4.90 Å². The molecule has 1 aromatic rings. The van der Waals surface area contributed by atoms with Crippen molar-refractivity contribution in [1.29, 1.82) is 0 Å². The van der Waals surface area contributed by atoms with Gasteiger partial charge in [0.15, 0.2) is 0 Å². The summed E-state index contributed by atoms with van der Waals surface area (Å²) in [6.07, 6.45) is -1.86. The number of halogens is 3. The molecule has 0 fully saturated rings. The summed E-state index contributed by atoms with van der Waals surface area (Å²) in [4.78, 5) is 38.8. The number of benzene rings is 1. The highest BCUT2D eigenvalue weighted by Crippen LogP contribution is 2.23. The van der Waals surface area contributed by atoms with Gasteiger partial charge in [-0.15, -0.1) is 0 Å². The zero-order chi connectivity index (χ0) is 31.4. The molecule has 0 unspecified atom stereocenters. The predicted molar refractivity (Wildman–Crippen MR) is 138 cm³/mol. The lowest BCUT2D eigenvalue weighted by Gasteiger charge is -2.32. The summed E-state index contributed by atoms with van der Waals surface area (Å²) in [5, 5.41) is 0. The highest BCUT2D eigenvalue weighted by atomic mass is 32.2. The summed E-state index contributed by atoms with van der Waals surface area (Å²) >= 11 is 0. The fourth-order valence-corrected chi connectivity index (χ4v) is 2.60. The molecule has 0 aliphatic carbocycles. The normalized spacial score (nSPS) is 12.5. The number of alkyl halides is 3. The van der Waals surface area contributed by atoms with Crippen molar-refractivity contribution < 1.29 is 54.4 Å². The minimum Gasteiger partial charge on any atom is -0.467 e. The van der Waals surface area contributed by atoms with Gasteiger partial charge in [0, 0.05) is 6.42 Å². The van der Waals surface area contributed by atoms with Crippen molar-refractivity contribution in [2.45, 2.75) is 91.5 Å². The average Bonchev–Trinajstić information content (AvgIpc) is 2.78. The second-order valence-corrected chi connectivity index (χ2v) is 11.3. The van der Waals surface area contributed by atoms with E-state index in [1.807, 2.05) is 45.0 Å². The lowest BCUT2D eigenvalue weighted by molar-refractivity contribution is -0.146. The lowest BCUT2D eigenvalue weighted by atomic mass is 10.0. The number of carbonyl (C=O) groups is 3. The molecule has 0 saturated carbocycles. The quantitative estimate of drug-likeness (QED) is 0.183. The Hall–Kier alpha value is -2.87. The molecule has 1 rings (SSSR count). The molecule has 226 valence electrons. The van der Waals surface area contributed by atoms with Gasteiger partial charge in [0.25, 0.3) is 0 Å². The Morgan fingerprint density at radius 3 is 1.49 bits per heavy atom. The molecule has 0 heterocycles. The van der Waals surface area contributed by atoms with Crippen molar-refractivity contribution in [3.8, 4) is 0 Å². The maximum absolute atomic E-state index is 12.8. The van der Waals surface area contributed by atoms with E-state index < -0.39 is 51.0 Å². The van der Waals surface area contributed by atoms with Crippen LogP contribution in [-0.4, -0.2) is 68.4 Å². The number of rotatable bonds is 5. The Kier molecular flexibility index (Phi) is 15.4. The molecular weight excluding hydrogens is 547 g/mol. The summed E-state index contributed by atoms with van der Waals surface area (Å²) in [7, 11) is -3.69. The standard InChI is InChI=1S/C21H31NO6.C2H3F3O3S.C2H6/c1-14-9-11-15(12-10-14)13-16(17(23)26-8)22(18(24)27-20(2,3)4)19(25)28-21(5,6)7;1-8-9(6,7)2(3,4)5;1-2/h9-12,16H,13H2,1-8H3;1H3;1-2H3/t16-;;/m0../s1. The Morgan fingerprint density at radius 1 is 0.846 bits per heavy atom. The number of aryl methyl sites for hydroxylation is 1. The predicted octanol–water partition coefficient (Wildman–Crippen LogP) is 5.76. The van der Waals surface area contributed by atoms with Crippen LogP contribution in [0.2, 0.25) is 0 Å². The topological polar surface area (TPSA) is 126 Å². The van der Waals surface area contributed by atoms with Crippen LogP contribution in [0.4, 0.5) is 22.8 Å². The van der Waals surface area contributed by atoms with Gasteiger partial charge < -0.3 is 14.2 Å². The molecule has 0 aromatic heterocycles. The van der Waals surface area contributed by atoms with Crippen LogP contribution in [0.5, 0.6) is 0 Å². The van der Waals surface area contributed by atoms with E-state index in [4.69, 9.17) is 14.2 Å². The number of methoxy groups -OCH3 is 1. The van der Waals surface area contributed by atoms with Crippen LogP contribution in [0.1, 0.15) is 66.5 Å². The van der Waals surface area contributed by atoms with Gasteiger partial charge in [0.1, 0.15) is 17.2 Å². The van der Waals surface area contributed by atoms with Crippen LogP contribution < -0.4 is 0 Å². The monoisotopic (exact) mass is 587 g/mol. The van der Waals surface area contributed by atoms with E-state index >= 15 is 0 Å². The third kappa shape index (κ3) is 14.7. The van der Waals surface area contributed by atoms with Crippen molar-refractivity contribution >= 4 is 28.3 Å². The first kappa shape index (κ1) is 38.3. The molecule has 0 bridgehead atoms. The first-order valence-electron chi connectivity index (χ1n) is 11.8. The van der Waals surface area contributed by atoms with Crippen molar-refractivity contribution in [3.05, 3.63) is 35.4 Å². The van der Waals surface area contributed by atoms with Gasteiger partial charge in [-0.2, -0.15) is 26.5 Å². The molecular formula is C25H40F3NO9S. The second kappa shape index (κ2) is 15.7. The molecule has 1 aromatic carbocycles. The summed E-state index contributed by atoms with van der Waals surface area (Å²) in [6.45, 7) is 16.0. The molecule has 0 spiro atoms. The largest absolute Gasteiger partial charge is 0.523 e. The van der Waals surface area contributed by atoms with Crippen LogP contribution in [0, 0.1) is 6.92 Å². The Labute approximate surface area is 228 Å². The molecule has 1 atom stereocenters. The molecule has 39 heavy (non-hydrogen) atoms. The van der Waals surface area contributed by atoms with E-state index in [9.17, 15) is 36.0 Å². The Balaban J connectivity index is 0. The molecule has 0 aliphatic heterocycles. The average molecular weight is 588 g/mol. The number of ether oxygens (including phenoxy) is 3. The summed E-state index contributed by atoms with van der Waals surface area (Å²) in [6, 6.07) is 6.20. The fraction of sp³-hybridized carbons (Fsp3) is 0.640. The van der Waals surface area contributed by atoms with Crippen LogP contribution in [-0.2, 0) is 39.7 Å². The molecule has 0 saturated heterocycles. The molecule has 2 amide bonds. The van der Waals surface area contributed by atoms with Gasteiger partial charge in [-0.05, 0) is 54.0 Å². The number of amides is 2.